The Labute approximate surface area is 133 Å². The minimum Gasteiger partial charge on any atom is -0.493 e. The third-order valence-electron chi connectivity index (χ3n) is 3.54. The number of nitrogens with two attached hydrogens (primary N) is 1. The minimum atomic E-state index is -2.98. The Morgan fingerprint density at radius 1 is 1.45 bits per heavy atom. The number of nitrogens with zero attached hydrogens (tertiary/aromatic N) is 1. The number of alkyl halides is 2. The SMILES string of the molecule is COc1ccc(C(=O)N2CCCC2CN)cc1OC(F)F.Cl. The standard InChI is InChI=1S/C14H18F2N2O3.ClH/c1-20-11-5-4-9(7-12(11)21-14(15)16)13(19)18-6-2-3-10(18)8-17;/h4-5,7,10,14H,2-3,6,8,17H2,1H3;1H. The highest BCUT2D eigenvalue weighted by Gasteiger charge is 2.29. The summed E-state index contributed by atoms with van der Waals surface area (Å²) in [6.45, 7) is -1.96. The summed E-state index contributed by atoms with van der Waals surface area (Å²) in [5, 5.41) is 0. The highest BCUT2D eigenvalue weighted by atomic mass is 35.5. The minimum absolute atomic E-state index is 0. The average molecular weight is 337 g/mol. The maximum Gasteiger partial charge on any atom is 0.387 e. The number of hydrogen-bond acceptors (Lipinski definition) is 4. The second kappa shape index (κ2) is 8.14. The van der Waals surface area contributed by atoms with E-state index in [1.807, 2.05) is 0 Å². The van der Waals surface area contributed by atoms with Crippen molar-refractivity contribution in [2.45, 2.75) is 25.5 Å². The maximum absolute atomic E-state index is 12.4. The summed E-state index contributed by atoms with van der Waals surface area (Å²) in [6.07, 6.45) is 1.75. The zero-order valence-electron chi connectivity index (χ0n) is 12.1. The van der Waals surface area contributed by atoms with E-state index < -0.39 is 6.61 Å². The lowest BCUT2D eigenvalue weighted by Crippen LogP contribution is -2.39. The molecule has 1 unspecified atom stereocenters. The van der Waals surface area contributed by atoms with Gasteiger partial charge in [0.15, 0.2) is 11.5 Å². The number of amides is 1. The van der Waals surface area contributed by atoms with Gasteiger partial charge in [-0.15, -0.1) is 12.4 Å². The Kier molecular flexibility index (Phi) is 6.83. The molecule has 1 fully saturated rings. The summed E-state index contributed by atoms with van der Waals surface area (Å²) >= 11 is 0. The van der Waals surface area contributed by atoms with Gasteiger partial charge >= 0.3 is 6.61 Å². The van der Waals surface area contributed by atoms with Crippen LogP contribution in [0.25, 0.3) is 0 Å². The number of hydrogen-bond donors (Lipinski definition) is 1. The predicted octanol–water partition coefficient (Wildman–Crippen LogP) is 2.28. The summed E-state index contributed by atoms with van der Waals surface area (Å²) in [6, 6.07) is 4.25. The van der Waals surface area contributed by atoms with Crippen LogP contribution in [-0.2, 0) is 0 Å². The first-order chi connectivity index (χ1) is 10.1. The Balaban J connectivity index is 0.00000242. The van der Waals surface area contributed by atoms with Gasteiger partial charge in [-0.2, -0.15) is 8.78 Å². The van der Waals surface area contributed by atoms with Crippen molar-refractivity contribution in [1.29, 1.82) is 0 Å². The summed E-state index contributed by atoms with van der Waals surface area (Å²) < 4.78 is 34.1. The van der Waals surface area contributed by atoms with Gasteiger partial charge in [-0.3, -0.25) is 4.79 Å². The van der Waals surface area contributed by atoms with Crippen LogP contribution >= 0.6 is 12.4 Å². The molecule has 0 saturated carbocycles. The summed E-state index contributed by atoms with van der Waals surface area (Å²) in [5.41, 5.74) is 5.93. The second-order valence-corrected chi connectivity index (χ2v) is 4.77. The number of carbonyl (C=O) groups excluding carboxylic acids is 1. The smallest absolute Gasteiger partial charge is 0.387 e. The van der Waals surface area contributed by atoms with Gasteiger partial charge in [-0.25, -0.2) is 0 Å². The van der Waals surface area contributed by atoms with Gasteiger partial charge in [0, 0.05) is 24.7 Å². The van der Waals surface area contributed by atoms with Crippen molar-refractivity contribution in [3.8, 4) is 11.5 Å². The molecule has 0 aromatic heterocycles. The maximum atomic E-state index is 12.4. The second-order valence-electron chi connectivity index (χ2n) is 4.77. The van der Waals surface area contributed by atoms with Crippen molar-refractivity contribution in [2.24, 2.45) is 5.73 Å². The normalized spacial score (nSPS) is 17.3. The number of ether oxygens (including phenoxy) is 2. The van der Waals surface area contributed by atoms with Gasteiger partial charge in [-0.1, -0.05) is 0 Å². The molecule has 1 aliphatic rings. The molecule has 0 aliphatic carbocycles. The van der Waals surface area contributed by atoms with Gasteiger partial charge in [0.1, 0.15) is 0 Å². The molecular weight excluding hydrogens is 318 g/mol. The molecule has 2 N–H and O–H groups in total. The number of benzene rings is 1. The Bertz CT molecular complexity index is 517. The van der Waals surface area contributed by atoms with E-state index in [0.717, 1.165) is 12.8 Å². The molecule has 0 bridgehead atoms. The van der Waals surface area contributed by atoms with Crippen molar-refractivity contribution in [2.75, 3.05) is 20.2 Å². The van der Waals surface area contributed by atoms with E-state index in [4.69, 9.17) is 10.5 Å². The highest BCUT2D eigenvalue weighted by Crippen LogP contribution is 2.30. The highest BCUT2D eigenvalue weighted by molar-refractivity contribution is 5.95. The summed E-state index contributed by atoms with van der Waals surface area (Å²) in [5.74, 6) is -0.227. The molecule has 1 atom stereocenters. The van der Waals surface area contributed by atoms with Crippen molar-refractivity contribution in [3.05, 3.63) is 23.8 Å². The number of carbonyl (C=O) groups is 1. The van der Waals surface area contributed by atoms with E-state index in [1.165, 1.54) is 25.3 Å². The molecule has 0 radical (unpaired) electrons. The van der Waals surface area contributed by atoms with Crippen LogP contribution in [0.1, 0.15) is 23.2 Å². The zero-order chi connectivity index (χ0) is 15.4. The fraction of sp³-hybridized carbons (Fsp3) is 0.500. The van der Waals surface area contributed by atoms with Gasteiger partial charge in [0.05, 0.1) is 7.11 Å². The fourth-order valence-corrected chi connectivity index (χ4v) is 2.51. The molecule has 2 rings (SSSR count). The van der Waals surface area contributed by atoms with Crippen molar-refractivity contribution < 1.29 is 23.0 Å². The number of methoxy groups -OCH3 is 1. The van der Waals surface area contributed by atoms with Crippen LogP contribution in [0.2, 0.25) is 0 Å². The number of likely N-dealkylation sites (tertiary alicyclic amines) is 1. The van der Waals surface area contributed by atoms with Gasteiger partial charge in [0.2, 0.25) is 0 Å². The van der Waals surface area contributed by atoms with Crippen LogP contribution < -0.4 is 15.2 Å². The van der Waals surface area contributed by atoms with Crippen molar-refractivity contribution in [1.82, 2.24) is 4.90 Å². The lowest BCUT2D eigenvalue weighted by molar-refractivity contribution is -0.0512. The third-order valence-corrected chi connectivity index (χ3v) is 3.54. The van der Waals surface area contributed by atoms with E-state index in [-0.39, 0.29) is 41.4 Å². The summed E-state index contributed by atoms with van der Waals surface area (Å²) in [7, 11) is 1.35. The monoisotopic (exact) mass is 336 g/mol. The summed E-state index contributed by atoms with van der Waals surface area (Å²) in [4.78, 5) is 14.1. The Morgan fingerprint density at radius 2 is 2.18 bits per heavy atom. The molecule has 22 heavy (non-hydrogen) atoms. The van der Waals surface area contributed by atoms with Crippen LogP contribution in [0, 0.1) is 0 Å². The topological polar surface area (TPSA) is 64.8 Å². The van der Waals surface area contributed by atoms with E-state index >= 15 is 0 Å². The van der Waals surface area contributed by atoms with Crippen molar-refractivity contribution >= 4 is 18.3 Å². The molecule has 1 heterocycles. The number of rotatable bonds is 5. The quantitative estimate of drug-likeness (QED) is 0.896. The van der Waals surface area contributed by atoms with Gasteiger partial charge < -0.3 is 20.1 Å². The first kappa shape index (κ1) is 18.4. The van der Waals surface area contributed by atoms with Crippen LogP contribution in [0.4, 0.5) is 8.78 Å². The third kappa shape index (κ3) is 3.98. The molecule has 1 aliphatic heterocycles. The molecular formula is C14H19ClF2N2O3. The molecule has 1 amide bonds. The van der Waals surface area contributed by atoms with Gasteiger partial charge in [-0.05, 0) is 31.0 Å². The molecule has 124 valence electrons. The fourth-order valence-electron chi connectivity index (χ4n) is 2.51. The molecule has 1 aromatic rings. The van der Waals surface area contributed by atoms with Gasteiger partial charge in [0.25, 0.3) is 5.91 Å². The van der Waals surface area contributed by atoms with Crippen LogP contribution in [0.15, 0.2) is 18.2 Å². The first-order valence-corrected chi connectivity index (χ1v) is 6.70. The van der Waals surface area contributed by atoms with Crippen LogP contribution in [0.5, 0.6) is 11.5 Å². The molecule has 0 spiro atoms. The van der Waals surface area contributed by atoms with Crippen molar-refractivity contribution in [3.63, 3.8) is 0 Å². The van der Waals surface area contributed by atoms with E-state index in [2.05, 4.69) is 4.74 Å². The molecule has 1 aromatic carbocycles. The van der Waals surface area contributed by atoms with E-state index in [1.54, 1.807) is 4.90 Å². The predicted molar refractivity (Wildman–Crippen MR) is 80.0 cm³/mol. The van der Waals surface area contributed by atoms with E-state index in [0.29, 0.717) is 13.1 Å². The Hall–Kier alpha value is -1.60. The molecule has 5 nitrogen and oxygen atoms in total. The largest absolute Gasteiger partial charge is 0.493 e. The zero-order valence-corrected chi connectivity index (χ0v) is 12.9. The van der Waals surface area contributed by atoms with Crippen LogP contribution in [0.3, 0.4) is 0 Å². The van der Waals surface area contributed by atoms with Crippen LogP contribution in [-0.4, -0.2) is 43.7 Å². The lowest BCUT2D eigenvalue weighted by atomic mass is 10.1. The lowest BCUT2D eigenvalue weighted by Gasteiger charge is -2.24. The molecule has 8 heteroatoms. The first-order valence-electron chi connectivity index (χ1n) is 6.70. The average Bonchev–Trinajstić information content (AvgIpc) is 2.94. The van der Waals surface area contributed by atoms with E-state index in [9.17, 15) is 13.6 Å². The number of halogens is 3. The molecule has 1 saturated heterocycles. The Morgan fingerprint density at radius 3 is 2.77 bits per heavy atom.